The summed E-state index contributed by atoms with van der Waals surface area (Å²) < 4.78 is 10.7. The Morgan fingerprint density at radius 1 is 1.00 bits per heavy atom. The zero-order chi connectivity index (χ0) is 15.1. The van der Waals surface area contributed by atoms with Crippen LogP contribution in [0.25, 0.3) is 0 Å². The Morgan fingerprint density at radius 3 is 2.23 bits per heavy atom. The van der Waals surface area contributed by atoms with E-state index in [4.69, 9.17) is 9.47 Å². The summed E-state index contributed by atoms with van der Waals surface area (Å²) >= 11 is 0. The van der Waals surface area contributed by atoms with Gasteiger partial charge in [-0.1, -0.05) is 6.42 Å². The van der Waals surface area contributed by atoms with Crippen LogP contribution in [0.4, 0.5) is 4.79 Å². The Bertz CT molecular complexity index is 355. The Kier molecular flexibility index (Phi) is 8.56. The van der Waals surface area contributed by atoms with Crippen LogP contribution in [-0.2, 0) is 14.3 Å². The third-order valence-electron chi connectivity index (χ3n) is 4.08. The first-order valence-electron chi connectivity index (χ1n) is 8.03. The molecule has 0 spiro atoms. The van der Waals surface area contributed by atoms with Gasteiger partial charge in [-0.15, -0.1) is 12.4 Å². The summed E-state index contributed by atoms with van der Waals surface area (Å²) in [6, 6.07) is -0.666. The summed E-state index contributed by atoms with van der Waals surface area (Å²) in [5.41, 5.74) is 0. The van der Waals surface area contributed by atoms with Gasteiger partial charge < -0.3 is 20.1 Å². The Labute approximate surface area is 138 Å². The molecular weight excluding hydrogens is 308 g/mol. The summed E-state index contributed by atoms with van der Waals surface area (Å²) in [6.45, 7) is 3.35. The number of carbonyl (C=O) groups is 2. The smallest absolute Gasteiger partial charge is 0.408 e. The summed E-state index contributed by atoms with van der Waals surface area (Å²) in [7, 11) is 0. The molecule has 1 atom stereocenters. The van der Waals surface area contributed by atoms with Crippen molar-refractivity contribution in [2.75, 3.05) is 13.1 Å². The largest absolute Gasteiger partial charge is 0.461 e. The average Bonchev–Trinajstić information content (AvgIpc) is 2.49. The van der Waals surface area contributed by atoms with Crippen LogP contribution >= 0.6 is 12.4 Å². The highest BCUT2D eigenvalue weighted by Crippen LogP contribution is 2.20. The molecule has 1 aliphatic carbocycles. The van der Waals surface area contributed by atoms with Crippen molar-refractivity contribution in [3.8, 4) is 0 Å². The molecule has 2 fully saturated rings. The van der Waals surface area contributed by atoms with Gasteiger partial charge in [0.2, 0.25) is 0 Å². The normalized spacial score (nSPS) is 21.3. The molecule has 1 saturated carbocycles. The maximum atomic E-state index is 11.9. The number of alkyl carbamates (subject to hydrolysis) is 1. The van der Waals surface area contributed by atoms with E-state index in [2.05, 4.69) is 10.6 Å². The van der Waals surface area contributed by atoms with Crippen LogP contribution < -0.4 is 10.6 Å². The number of amides is 1. The van der Waals surface area contributed by atoms with E-state index in [0.717, 1.165) is 51.6 Å². The van der Waals surface area contributed by atoms with E-state index < -0.39 is 12.1 Å². The van der Waals surface area contributed by atoms with Crippen LogP contribution in [0, 0.1) is 0 Å². The monoisotopic (exact) mass is 334 g/mol. The van der Waals surface area contributed by atoms with E-state index >= 15 is 0 Å². The molecule has 0 aromatic carbocycles. The molecule has 0 aromatic rings. The Morgan fingerprint density at radius 2 is 1.59 bits per heavy atom. The maximum Gasteiger partial charge on any atom is 0.408 e. The van der Waals surface area contributed by atoms with Gasteiger partial charge in [0.1, 0.15) is 18.2 Å². The molecule has 1 heterocycles. The quantitative estimate of drug-likeness (QED) is 0.770. The molecular formula is C15H27ClN2O4. The van der Waals surface area contributed by atoms with E-state index in [-0.39, 0.29) is 30.6 Å². The fourth-order valence-electron chi connectivity index (χ4n) is 2.78. The molecule has 6 nitrogen and oxygen atoms in total. The van der Waals surface area contributed by atoms with Gasteiger partial charge in [0.25, 0.3) is 0 Å². The van der Waals surface area contributed by atoms with Crippen molar-refractivity contribution in [3.05, 3.63) is 0 Å². The number of ether oxygens (including phenoxy) is 2. The molecule has 0 aromatic heterocycles. The van der Waals surface area contributed by atoms with Crippen LogP contribution in [-0.4, -0.2) is 43.4 Å². The predicted molar refractivity (Wildman–Crippen MR) is 85.2 cm³/mol. The lowest BCUT2D eigenvalue weighted by Crippen LogP contribution is -2.43. The zero-order valence-corrected chi connectivity index (χ0v) is 14.0. The van der Waals surface area contributed by atoms with Crippen LogP contribution in [0.2, 0.25) is 0 Å². The molecule has 1 amide bonds. The van der Waals surface area contributed by atoms with E-state index in [1.807, 2.05) is 0 Å². The average molecular weight is 335 g/mol. The fourth-order valence-corrected chi connectivity index (χ4v) is 2.78. The van der Waals surface area contributed by atoms with Gasteiger partial charge in [0.15, 0.2) is 0 Å². The van der Waals surface area contributed by atoms with Crippen molar-refractivity contribution in [3.63, 3.8) is 0 Å². The Hall–Kier alpha value is -1.01. The van der Waals surface area contributed by atoms with Crippen molar-refractivity contribution < 1.29 is 19.1 Å². The minimum absolute atomic E-state index is 0. The lowest BCUT2D eigenvalue weighted by Gasteiger charge is -2.25. The highest BCUT2D eigenvalue weighted by atomic mass is 35.5. The molecule has 0 radical (unpaired) electrons. The topological polar surface area (TPSA) is 76.7 Å². The van der Waals surface area contributed by atoms with Gasteiger partial charge in [-0.3, -0.25) is 0 Å². The number of esters is 1. The lowest BCUT2D eigenvalue weighted by atomic mass is 9.98. The fraction of sp³-hybridized carbons (Fsp3) is 0.867. The highest BCUT2D eigenvalue weighted by Gasteiger charge is 2.24. The minimum atomic E-state index is -0.666. The third-order valence-corrected chi connectivity index (χ3v) is 4.08. The second-order valence-electron chi connectivity index (χ2n) is 5.92. The SMILES string of the molecule is C[C@H](NC(=O)OC1CCNCC1)C(=O)OC1CCCCC1.Cl. The molecule has 2 rings (SSSR count). The number of rotatable bonds is 4. The zero-order valence-electron chi connectivity index (χ0n) is 13.1. The van der Waals surface area contributed by atoms with Crippen LogP contribution in [0.15, 0.2) is 0 Å². The van der Waals surface area contributed by atoms with Gasteiger partial charge >= 0.3 is 12.1 Å². The van der Waals surface area contributed by atoms with Crippen LogP contribution in [0.5, 0.6) is 0 Å². The number of halogens is 1. The van der Waals surface area contributed by atoms with Crippen molar-refractivity contribution in [2.24, 2.45) is 0 Å². The first-order chi connectivity index (χ1) is 10.1. The summed E-state index contributed by atoms with van der Waals surface area (Å²) in [6.07, 6.45) is 6.33. The standard InChI is InChI=1S/C15H26N2O4.ClH/c1-11(14(18)20-12-5-3-2-4-6-12)17-15(19)21-13-7-9-16-10-8-13;/h11-13,16H,2-10H2,1H3,(H,17,19);1H/t11-;/m0./s1. The van der Waals surface area contributed by atoms with Gasteiger partial charge in [0, 0.05) is 0 Å². The summed E-state index contributed by atoms with van der Waals surface area (Å²) in [5.74, 6) is -0.371. The molecule has 1 aliphatic heterocycles. The number of piperidine rings is 1. The van der Waals surface area contributed by atoms with E-state index in [1.54, 1.807) is 6.92 Å². The van der Waals surface area contributed by atoms with E-state index in [9.17, 15) is 9.59 Å². The third kappa shape index (κ3) is 6.40. The second-order valence-corrected chi connectivity index (χ2v) is 5.92. The molecule has 0 unspecified atom stereocenters. The number of carbonyl (C=O) groups excluding carboxylic acids is 2. The van der Waals surface area contributed by atoms with E-state index in [1.165, 1.54) is 6.42 Å². The molecule has 22 heavy (non-hydrogen) atoms. The molecule has 1 saturated heterocycles. The van der Waals surface area contributed by atoms with Gasteiger partial charge in [-0.05, 0) is 58.5 Å². The van der Waals surface area contributed by atoms with Crippen molar-refractivity contribution >= 4 is 24.5 Å². The number of hydrogen-bond donors (Lipinski definition) is 2. The number of nitrogens with one attached hydrogen (secondary N) is 2. The number of hydrogen-bond acceptors (Lipinski definition) is 5. The first kappa shape index (κ1) is 19.0. The molecule has 2 N–H and O–H groups in total. The van der Waals surface area contributed by atoms with Gasteiger partial charge in [-0.25, -0.2) is 9.59 Å². The molecule has 2 aliphatic rings. The molecule has 128 valence electrons. The van der Waals surface area contributed by atoms with Crippen molar-refractivity contribution in [1.82, 2.24) is 10.6 Å². The van der Waals surface area contributed by atoms with Gasteiger partial charge in [0.05, 0.1) is 0 Å². The Balaban J connectivity index is 0.00000242. The first-order valence-corrected chi connectivity index (χ1v) is 8.03. The predicted octanol–water partition coefficient (Wildman–Crippen LogP) is 2.15. The molecule has 0 bridgehead atoms. The highest BCUT2D eigenvalue weighted by molar-refractivity contribution is 5.85. The van der Waals surface area contributed by atoms with Crippen LogP contribution in [0.3, 0.4) is 0 Å². The van der Waals surface area contributed by atoms with E-state index in [0.29, 0.717) is 0 Å². The molecule has 7 heteroatoms. The van der Waals surface area contributed by atoms with Crippen molar-refractivity contribution in [2.45, 2.75) is 70.1 Å². The maximum absolute atomic E-state index is 11.9. The summed E-state index contributed by atoms with van der Waals surface area (Å²) in [4.78, 5) is 23.7. The summed E-state index contributed by atoms with van der Waals surface area (Å²) in [5, 5.41) is 5.77. The van der Waals surface area contributed by atoms with Gasteiger partial charge in [-0.2, -0.15) is 0 Å². The second kappa shape index (κ2) is 9.90. The van der Waals surface area contributed by atoms with Crippen LogP contribution in [0.1, 0.15) is 51.9 Å². The lowest BCUT2D eigenvalue weighted by molar-refractivity contribution is -0.152. The van der Waals surface area contributed by atoms with Crippen molar-refractivity contribution in [1.29, 1.82) is 0 Å². The minimum Gasteiger partial charge on any atom is -0.461 e.